The van der Waals surface area contributed by atoms with E-state index >= 15 is 0 Å². The number of hydrazine groups is 1. The summed E-state index contributed by atoms with van der Waals surface area (Å²) in [4.78, 5) is 30.5. The number of halogens is 3. The van der Waals surface area contributed by atoms with Crippen molar-refractivity contribution in [1.82, 2.24) is 20.2 Å². The van der Waals surface area contributed by atoms with Gasteiger partial charge in [0.05, 0.1) is 5.56 Å². The molecule has 0 aromatic heterocycles. The van der Waals surface area contributed by atoms with Crippen molar-refractivity contribution in [3.8, 4) is 0 Å². The maximum Gasteiger partial charge on any atom is 0.416 e. The minimum atomic E-state index is -4.48. The Balaban J connectivity index is 1.79. The number of benzene rings is 1. The molecule has 0 radical (unpaired) electrons. The van der Waals surface area contributed by atoms with E-state index in [4.69, 9.17) is 0 Å². The Bertz CT molecular complexity index is 828. The molecule has 6 nitrogen and oxygen atoms in total. The van der Waals surface area contributed by atoms with Crippen molar-refractivity contribution in [2.75, 3.05) is 26.2 Å². The van der Waals surface area contributed by atoms with Crippen LogP contribution in [0.25, 0.3) is 0 Å². The fraction of sp³-hybridized carbons (Fsp3) is 0.714. The molecule has 9 heteroatoms. The first-order chi connectivity index (χ1) is 17.7. The molecule has 3 rings (SSSR count). The molecule has 1 aromatic rings. The van der Waals surface area contributed by atoms with E-state index < -0.39 is 23.7 Å². The average molecular weight is 525 g/mol. The molecular weight excluding hydrogens is 481 g/mol. The van der Waals surface area contributed by atoms with Crippen LogP contribution in [0.3, 0.4) is 0 Å². The van der Waals surface area contributed by atoms with Gasteiger partial charge in [-0.15, -0.1) is 0 Å². The number of nitrogens with one attached hydrogen (secondary N) is 1. The first-order valence-corrected chi connectivity index (χ1v) is 14.0. The minimum Gasteiger partial charge on any atom is -0.304 e. The van der Waals surface area contributed by atoms with E-state index in [0.717, 1.165) is 95.3 Å². The normalized spacial score (nSPS) is 17.8. The first kappa shape index (κ1) is 29.4. The van der Waals surface area contributed by atoms with Crippen LogP contribution in [0.15, 0.2) is 24.3 Å². The minimum absolute atomic E-state index is 0.0767. The number of hydrogen-bond donors (Lipinski definition) is 1. The Kier molecular flexibility index (Phi) is 11.2. The zero-order valence-electron chi connectivity index (χ0n) is 22.4. The molecule has 37 heavy (non-hydrogen) atoms. The Morgan fingerprint density at radius 3 is 1.81 bits per heavy atom. The highest BCUT2D eigenvalue weighted by Crippen LogP contribution is 2.30. The topological polar surface area (TPSA) is 55.9 Å². The summed E-state index contributed by atoms with van der Waals surface area (Å²) in [5.74, 6) is -0.571. The number of nitrogens with zero attached hydrogens (tertiary/aromatic N) is 3. The van der Waals surface area contributed by atoms with Gasteiger partial charge in [0, 0.05) is 24.2 Å². The lowest BCUT2D eigenvalue weighted by atomic mass is 9.90. The summed E-state index contributed by atoms with van der Waals surface area (Å²) >= 11 is 0. The Hall–Kier alpha value is -2.13. The van der Waals surface area contributed by atoms with Crippen LogP contribution in [0.2, 0.25) is 0 Å². The van der Waals surface area contributed by atoms with E-state index in [1.807, 2.05) is 0 Å². The van der Waals surface area contributed by atoms with Crippen LogP contribution in [-0.4, -0.2) is 65.0 Å². The van der Waals surface area contributed by atoms with Gasteiger partial charge in [0.15, 0.2) is 0 Å². The van der Waals surface area contributed by atoms with Gasteiger partial charge in [-0.3, -0.25) is 15.1 Å². The molecule has 0 heterocycles. The number of carbonyl (C=O) groups is 2. The van der Waals surface area contributed by atoms with Gasteiger partial charge in [-0.1, -0.05) is 52.4 Å². The Morgan fingerprint density at radius 1 is 0.838 bits per heavy atom. The molecule has 1 N–H and O–H groups in total. The quantitative estimate of drug-likeness (QED) is 0.357. The van der Waals surface area contributed by atoms with Crippen LogP contribution in [0.4, 0.5) is 18.0 Å². The van der Waals surface area contributed by atoms with Gasteiger partial charge < -0.3 is 4.90 Å². The monoisotopic (exact) mass is 524 g/mol. The summed E-state index contributed by atoms with van der Waals surface area (Å²) in [6, 6.07) is 4.14. The predicted molar refractivity (Wildman–Crippen MR) is 139 cm³/mol. The van der Waals surface area contributed by atoms with Crippen molar-refractivity contribution >= 4 is 11.9 Å². The molecule has 0 unspecified atom stereocenters. The van der Waals surface area contributed by atoms with E-state index in [1.165, 1.54) is 17.7 Å². The molecule has 2 saturated carbocycles. The third kappa shape index (κ3) is 8.43. The lowest BCUT2D eigenvalue weighted by Crippen LogP contribution is -2.58. The number of rotatable bonds is 10. The van der Waals surface area contributed by atoms with Crippen molar-refractivity contribution in [3.05, 3.63) is 35.4 Å². The predicted octanol–water partition coefficient (Wildman–Crippen LogP) is 6.47. The fourth-order valence-electron chi connectivity index (χ4n) is 5.62. The Morgan fingerprint density at radius 2 is 1.35 bits per heavy atom. The van der Waals surface area contributed by atoms with Crippen LogP contribution in [-0.2, 0) is 6.18 Å². The molecule has 0 bridgehead atoms. The number of alkyl halides is 3. The lowest BCUT2D eigenvalue weighted by molar-refractivity contribution is -0.137. The molecule has 2 fully saturated rings. The van der Waals surface area contributed by atoms with Gasteiger partial charge in [-0.2, -0.15) is 13.2 Å². The molecule has 0 saturated heterocycles. The smallest absolute Gasteiger partial charge is 0.304 e. The van der Waals surface area contributed by atoms with Crippen molar-refractivity contribution < 1.29 is 22.8 Å². The Labute approximate surface area is 219 Å². The zero-order valence-corrected chi connectivity index (χ0v) is 22.4. The summed E-state index contributed by atoms with van der Waals surface area (Å²) in [5.41, 5.74) is 2.37. The number of urea groups is 1. The highest BCUT2D eigenvalue weighted by Gasteiger charge is 2.34. The lowest BCUT2D eigenvalue weighted by Gasteiger charge is -2.42. The zero-order chi connectivity index (χ0) is 26.8. The van der Waals surface area contributed by atoms with Crippen LogP contribution in [0.5, 0.6) is 0 Å². The second-order valence-electron chi connectivity index (χ2n) is 10.3. The second kappa shape index (κ2) is 14.1. The van der Waals surface area contributed by atoms with Crippen molar-refractivity contribution in [2.24, 2.45) is 0 Å². The van der Waals surface area contributed by atoms with E-state index in [-0.39, 0.29) is 24.2 Å². The van der Waals surface area contributed by atoms with Gasteiger partial charge in [0.1, 0.15) is 0 Å². The number of amides is 3. The van der Waals surface area contributed by atoms with Crippen LogP contribution < -0.4 is 5.43 Å². The molecule has 0 atom stereocenters. The van der Waals surface area contributed by atoms with Gasteiger partial charge in [0.25, 0.3) is 5.91 Å². The molecule has 2 aliphatic rings. The molecule has 2 aliphatic carbocycles. The number of imide groups is 1. The van der Waals surface area contributed by atoms with Gasteiger partial charge in [-0.05, 0) is 76.0 Å². The van der Waals surface area contributed by atoms with E-state index in [0.29, 0.717) is 6.42 Å². The molecule has 3 amide bonds. The van der Waals surface area contributed by atoms with Crippen LogP contribution >= 0.6 is 0 Å². The van der Waals surface area contributed by atoms with Crippen molar-refractivity contribution in [3.63, 3.8) is 0 Å². The van der Waals surface area contributed by atoms with E-state index in [2.05, 4.69) is 29.2 Å². The maximum absolute atomic E-state index is 13.7. The maximum atomic E-state index is 13.7. The highest BCUT2D eigenvalue weighted by atomic mass is 19.4. The molecule has 0 spiro atoms. The summed E-state index contributed by atoms with van der Waals surface area (Å²) in [6.07, 6.45) is 7.10. The van der Waals surface area contributed by atoms with Gasteiger partial charge in [0.2, 0.25) is 0 Å². The fourth-order valence-corrected chi connectivity index (χ4v) is 5.62. The summed E-state index contributed by atoms with van der Waals surface area (Å²) in [6.45, 7) is 6.79. The third-order valence-electron chi connectivity index (χ3n) is 7.86. The number of hydrogen-bond acceptors (Lipinski definition) is 4. The van der Waals surface area contributed by atoms with Gasteiger partial charge in [-0.25, -0.2) is 9.80 Å². The van der Waals surface area contributed by atoms with Crippen molar-refractivity contribution in [2.45, 2.75) is 103 Å². The van der Waals surface area contributed by atoms with Crippen LogP contribution in [0, 0.1) is 0 Å². The van der Waals surface area contributed by atoms with Gasteiger partial charge >= 0.3 is 12.2 Å². The van der Waals surface area contributed by atoms with Crippen molar-refractivity contribution in [1.29, 1.82) is 0 Å². The third-order valence-corrected chi connectivity index (χ3v) is 7.86. The van der Waals surface area contributed by atoms with E-state index in [1.54, 1.807) is 0 Å². The molecular formula is C28H43F3N4O2. The number of carbonyl (C=O) groups excluding carboxylic acids is 2. The van der Waals surface area contributed by atoms with Crippen LogP contribution in [0.1, 0.15) is 100 Å². The first-order valence-electron chi connectivity index (χ1n) is 14.0. The SMILES string of the molecule is CCN(CC)CCCN(C(=O)NN(C1CCCCC1)C1CCCCC1)C(=O)c1ccc(C(F)(F)F)cc1. The molecule has 208 valence electrons. The summed E-state index contributed by atoms with van der Waals surface area (Å²) < 4.78 is 39.1. The van der Waals surface area contributed by atoms with E-state index in [9.17, 15) is 22.8 Å². The summed E-state index contributed by atoms with van der Waals surface area (Å²) in [7, 11) is 0. The molecule has 1 aromatic carbocycles. The average Bonchev–Trinajstić information content (AvgIpc) is 2.92. The summed E-state index contributed by atoms with van der Waals surface area (Å²) in [5, 5.41) is 2.12. The standard InChI is InChI=1S/C28H43F3N4O2/c1-3-33(4-2)20-11-21-34(26(36)22-16-18-23(19-17-22)28(29,30)31)27(37)32-35(24-12-7-5-8-13-24)25-14-9-6-10-15-25/h16-19,24-25H,3-15,20-21H2,1-2H3,(H,32,37). The second-order valence-corrected chi connectivity index (χ2v) is 10.3. The highest BCUT2D eigenvalue weighted by molar-refractivity contribution is 6.04. The molecule has 0 aliphatic heterocycles. The largest absolute Gasteiger partial charge is 0.416 e.